The summed E-state index contributed by atoms with van der Waals surface area (Å²) in [7, 11) is 1.28. The van der Waals surface area contributed by atoms with Crippen molar-refractivity contribution >= 4 is 29.6 Å². The largest absolute Gasteiger partial charge is 0.453 e. The maximum Gasteiger partial charge on any atom is 0.407 e. The van der Waals surface area contributed by atoms with Gasteiger partial charge in [0.15, 0.2) is 0 Å². The first-order valence-electron chi connectivity index (χ1n) is 5.56. The van der Waals surface area contributed by atoms with Crippen molar-refractivity contribution in [1.82, 2.24) is 15.5 Å². The van der Waals surface area contributed by atoms with E-state index in [9.17, 15) is 14.4 Å². The van der Waals surface area contributed by atoms with Crippen molar-refractivity contribution < 1.29 is 19.1 Å². The second kappa shape index (κ2) is 7.05. The molecule has 7 nitrogen and oxygen atoms in total. The fourth-order valence-corrected chi connectivity index (χ4v) is 1.81. The van der Waals surface area contributed by atoms with Gasteiger partial charge in [0, 0.05) is 25.4 Å². The van der Waals surface area contributed by atoms with Gasteiger partial charge in [-0.3, -0.25) is 10.1 Å². The average molecular weight is 278 g/mol. The minimum Gasteiger partial charge on any atom is -0.453 e. The van der Waals surface area contributed by atoms with Gasteiger partial charge in [0.05, 0.1) is 13.2 Å². The van der Waals surface area contributed by atoms with Crippen molar-refractivity contribution in [3.05, 3.63) is 0 Å². The molecule has 1 heterocycles. The molecule has 0 aliphatic carbocycles. The predicted octanol–water partition coefficient (Wildman–Crippen LogP) is 0.282. The molecular formula is C10H16ClN3O4. The van der Waals surface area contributed by atoms with Crippen molar-refractivity contribution in [1.29, 1.82) is 0 Å². The van der Waals surface area contributed by atoms with Crippen molar-refractivity contribution in [3.63, 3.8) is 0 Å². The molecule has 2 N–H and O–H groups in total. The molecular weight excluding hydrogens is 262 g/mol. The number of halogens is 1. The third kappa shape index (κ3) is 4.40. The number of ether oxygens (including phenoxy) is 1. The molecule has 8 heteroatoms. The molecule has 0 spiro atoms. The van der Waals surface area contributed by atoms with Crippen LogP contribution in [0.15, 0.2) is 0 Å². The highest BCUT2D eigenvalue weighted by Crippen LogP contribution is 2.09. The van der Waals surface area contributed by atoms with E-state index < -0.39 is 18.0 Å². The summed E-state index contributed by atoms with van der Waals surface area (Å²) >= 11 is 5.39. The number of rotatable bonds is 3. The molecule has 4 amide bonds. The maximum absolute atomic E-state index is 11.6. The zero-order chi connectivity index (χ0) is 13.5. The topological polar surface area (TPSA) is 87.7 Å². The van der Waals surface area contributed by atoms with Crippen molar-refractivity contribution in [2.24, 2.45) is 0 Å². The minimum absolute atomic E-state index is 0.102. The Labute approximate surface area is 110 Å². The average Bonchev–Trinajstić information content (AvgIpc) is 2.77. The van der Waals surface area contributed by atoms with Crippen LogP contribution in [0.5, 0.6) is 0 Å². The van der Waals surface area contributed by atoms with Gasteiger partial charge in [-0.2, -0.15) is 0 Å². The standard InChI is InChI=1S/C10H16ClN3O4/c1-18-10(17)12-7-3-5-14(6-7)9(16)13-8(15)2-4-11/h7H,2-6H2,1H3,(H,12,17)(H,13,15,16). The molecule has 1 atom stereocenters. The molecule has 18 heavy (non-hydrogen) atoms. The molecule has 0 radical (unpaired) electrons. The van der Waals surface area contributed by atoms with E-state index >= 15 is 0 Å². The number of carbonyl (C=O) groups excluding carboxylic acids is 3. The quantitative estimate of drug-likeness (QED) is 0.726. The Hall–Kier alpha value is -1.50. The summed E-state index contributed by atoms with van der Waals surface area (Å²) in [5.41, 5.74) is 0. The van der Waals surface area contributed by atoms with Crippen LogP contribution in [0.4, 0.5) is 9.59 Å². The highest BCUT2D eigenvalue weighted by molar-refractivity contribution is 6.19. The van der Waals surface area contributed by atoms with Crippen molar-refractivity contribution in [2.75, 3.05) is 26.1 Å². The molecule has 1 aliphatic heterocycles. The number of imide groups is 1. The van der Waals surface area contributed by atoms with Crippen LogP contribution in [-0.4, -0.2) is 55.1 Å². The number of nitrogens with one attached hydrogen (secondary N) is 2. The van der Waals surface area contributed by atoms with E-state index in [1.54, 1.807) is 0 Å². The summed E-state index contributed by atoms with van der Waals surface area (Å²) < 4.78 is 4.47. The number of amides is 4. The van der Waals surface area contributed by atoms with Gasteiger partial charge in [0.2, 0.25) is 5.91 Å². The zero-order valence-electron chi connectivity index (χ0n) is 10.1. The molecule has 102 valence electrons. The normalized spacial score (nSPS) is 18.3. The fourth-order valence-electron chi connectivity index (χ4n) is 1.63. The van der Waals surface area contributed by atoms with Gasteiger partial charge in [-0.05, 0) is 6.42 Å². The molecule has 1 rings (SSSR count). The molecule has 1 aliphatic rings. The summed E-state index contributed by atoms with van der Waals surface area (Å²) in [5, 5.41) is 4.83. The first-order chi connectivity index (χ1) is 8.56. The first kappa shape index (κ1) is 14.6. The Balaban J connectivity index is 2.34. The number of hydrogen-bond donors (Lipinski definition) is 2. The number of alkyl carbamates (subject to hydrolysis) is 1. The van der Waals surface area contributed by atoms with Gasteiger partial charge in [-0.15, -0.1) is 11.6 Å². The third-order valence-electron chi connectivity index (χ3n) is 2.55. The number of carbonyl (C=O) groups is 3. The first-order valence-corrected chi connectivity index (χ1v) is 6.09. The minimum atomic E-state index is -0.527. The number of likely N-dealkylation sites (tertiary alicyclic amines) is 1. The molecule has 0 bridgehead atoms. The van der Waals surface area contributed by atoms with Crippen LogP contribution in [0.2, 0.25) is 0 Å². The highest BCUT2D eigenvalue weighted by Gasteiger charge is 2.28. The van der Waals surface area contributed by atoms with Crippen LogP contribution >= 0.6 is 11.6 Å². The number of nitrogens with zero attached hydrogens (tertiary/aromatic N) is 1. The molecule has 1 unspecified atom stereocenters. The van der Waals surface area contributed by atoms with Gasteiger partial charge in [0.1, 0.15) is 0 Å². The van der Waals surface area contributed by atoms with Crippen LogP contribution in [-0.2, 0) is 9.53 Å². The van der Waals surface area contributed by atoms with Crippen LogP contribution < -0.4 is 10.6 Å². The smallest absolute Gasteiger partial charge is 0.407 e. The van der Waals surface area contributed by atoms with E-state index in [0.717, 1.165) is 0 Å². The van der Waals surface area contributed by atoms with E-state index in [1.165, 1.54) is 12.0 Å². The number of urea groups is 1. The van der Waals surface area contributed by atoms with Gasteiger partial charge >= 0.3 is 12.1 Å². The second-order valence-electron chi connectivity index (χ2n) is 3.86. The van der Waals surface area contributed by atoms with Gasteiger partial charge in [-0.1, -0.05) is 0 Å². The number of alkyl halides is 1. The number of hydrogen-bond acceptors (Lipinski definition) is 4. The second-order valence-corrected chi connectivity index (χ2v) is 4.24. The van der Waals surface area contributed by atoms with Gasteiger partial charge in [0.25, 0.3) is 0 Å². The van der Waals surface area contributed by atoms with Crippen LogP contribution in [0.1, 0.15) is 12.8 Å². The molecule has 0 aromatic carbocycles. The van der Waals surface area contributed by atoms with E-state index in [1.807, 2.05) is 0 Å². The predicted molar refractivity (Wildman–Crippen MR) is 64.4 cm³/mol. The molecule has 1 fully saturated rings. The lowest BCUT2D eigenvalue weighted by Gasteiger charge is -2.16. The molecule has 0 aromatic heterocycles. The van der Waals surface area contributed by atoms with Crippen LogP contribution in [0, 0.1) is 0 Å². The summed E-state index contributed by atoms with van der Waals surface area (Å²) in [6, 6.07) is -0.606. The summed E-state index contributed by atoms with van der Waals surface area (Å²) in [4.78, 5) is 35.3. The van der Waals surface area contributed by atoms with Gasteiger partial charge in [-0.25, -0.2) is 9.59 Å². The summed E-state index contributed by atoms with van der Waals surface area (Å²) in [6.45, 7) is 0.837. The van der Waals surface area contributed by atoms with Gasteiger partial charge < -0.3 is 15.0 Å². The van der Waals surface area contributed by atoms with E-state index in [-0.39, 0.29) is 18.3 Å². The lowest BCUT2D eigenvalue weighted by atomic mass is 10.3. The monoisotopic (exact) mass is 277 g/mol. The summed E-state index contributed by atoms with van der Waals surface area (Å²) in [5.74, 6) is -0.231. The summed E-state index contributed by atoms with van der Waals surface area (Å²) in [6.07, 6.45) is 0.206. The van der Waals surface area contributed by atoms with Crippen molar-refractivity contribution in [3.8, 4) is 0 Å². The Bertz CT molecular complexity index is 337. The lowest BCUT2D eigenvalue weighted by Crippen LogP contribution is -2.44. The highest BCUT2D eigenvalue weighted by atomic mass is 35.5. The molecule has 0 saturated carbocycles. The van der Waals surface area contributed by atoms with Crippen LogP contribution in [0.25, 0.3) is 0 Å². The van der Waals surface area contributed by atoms with Crippen LogP contribution in [0.3, 0.4) is 0 Å². The van der Waals surface area contributed by atoms with E-state index in [0.29, 0.717) is 19.5 Å². The number of methoxy groups -OCH3 is 1. The Morgan fingerprint density at radius 1 is 1.44 bits per heavy atom. The van der Waals surface area contributed by atoms with Crippen molar-refractivity contribution in [2.45, 2.75) is 18.9 Å². The molecule has 1 saturated heterocycles. The SMILES string of the molecule is COC(=O)NC1CCN(C(=O)NC(=O)CCCl)C1. The third-order valence-corrected chi connectivity index (χ3v) is 2.74. The Kier molecular flexibility index (Phi) is 5.70. The Morgan fingerprint density at radius 3 is 2.78 bits per heavy atom. The fraction of sp³-hybridized carbons (Fsp3) is 0.700. The zero-order valence-corrected chi connectivity index (χ0v) is 10.8. The van der Waals surface area contributed by atoms with E-state index in [2.05, 4.69) is 15.4 Å². The Morgan fingerprint density at radius 2 is 2.17 bits per heavy atom. The lowest BCUT2D eigenvalue weighted by molar-refractivity contribution is -0.119. The molecule has 0 aromatic rings. The maximum atomic E-state index is 11.6. The van der Waals surface area contributed by atoms with E-state index in [4.69, 9.17) is 11.6 Å².